The summed E-state index contributed by atoms with van der Waals surface area (Å²) in [5, 5.41) is 14.2. The lowest BCUT2D eigenvalue weighted by Crippen LogP contribution is -2.20. The molecule has 1 unspecified atom stereocenters. The number of hydrogen-bond acceptors (Lipinski definition) is 3. The highest BCUT2D eigenvalue weighted by atomic mass is 16.6. The lowest BCUT2D eigenvalue weighted by atomic mass is 10.0. The molecule has 20 heavy (non-hydrogen) atoms. The SMILES string of the molecule is Cc1ccc(C(C[N+](=O)[O-])Nc2ccccc2C)cc1. The normalized spacial score (nSPS) is 11.9. The first-order valence-corrected chi connectivity index (χ1v) is 6.57. The second kappa shape index (κ2) is 6.19. The van der Waals surface area contributed by atoms with Gasteiger partial charge in [-0.2, -0.15) is 0 Å². The maximum Gasteiger partial charge on any atom is 0.227 e. The predicted molar refractivity (Wildman–Crippen MR) is 80.6 cm³/mol. The van der Waals surface area contributed by atoms with Crippen molar-refractivity contribution in [3.8, 4) is 0 Å². The average molecular weight is 270 g/mol. The molecule has 0 saturated heterocycles. The summed E-state index contributed by atoms with van der Waals surface area (Å²) in [7, 11) is 0. The second-order valence-corrected chi connectivity index (χ2v) is 4.94. The van der Waals surface area contributed by atoms with Crippen molar-refractivity contribution in [3.05, 3.63) is 75.3 Å². The summed E-state index contributed by atoms with van der Waals surface area (Å²) in [6.45, 7) is 3.85. The van der Waals surface area contributed by atoms with Gasteiger partial charge >= 0.3 is 0 Å². The third kappa shape index (κ3) is 3.57. The monoisotopic (exact) mass is 270 g/mol. The Bertz CT molecular complexity index is 594. The van der Waals surface area contributed by atoms with Gasteiger partial charge in [-0.25, -0.2) is 0 Å². The standard InChI is InChI=1S/C16H18N2O2/c1-12-7-9-14(10-8-12)16(11-18(19)20)17-15-6-4-3-5-13(15)2/h3-10,16-17H,11H2,1-2H3. The van der Waals surface area contributed by atoms with Crippen LogP contribution in [0.4, 0.5) is 5.69 Å². The van der Waals surface area contributed by atoms with Gasteiger partial charge in [0.15, 0.2) is 0 Å². The van der Waals surface area contributed by atoms with Crippen LogP contribution in [0.5, 0.6) is 0 Å². The van der Waals surface area contributed by atoms with E-state index >= 15 is 0 Å². The first-order valence-electron chi connectivity index (χ1n) is 6.57. The summed E-state index contributed by atoms with van der Waals surface area (Å²) >= 11 is 0. The van der Waals surface area contributed by atoms with Gasteiger partial charge in [-0.3, -0.25) is 10.1 Å². The smallest absolute Gasteiger partial charge is 0.227 e. The molecule has 2 aromatic rings. The Hall–Kier alpha value is -2.36. The van der Waals surface area contributed by atoms with Gasteiger partial charge in [-0.1, -0.05) is 48.0 Å². The van der Waals surface area contributed by atoms with Crippen LogP contribution < -0.4 is 5.32 Å². The molecule has 1 atom stereocenters. The second-order valence-electron chi connectivity index (χ2n) is 4.94. The van der Waals surface area contributed by atoms with Crippen LogP contribution in [0.15, 0.2) is 48.5 Å². The van der Waals surface area contributed by atoms with E-state index < -0.39 is 0 Å². The van der Waals surface area contributed by atoms with Crippen LogP contribution in [-0.2, 0) is 0 Å². The van der Waals surface area contributed by atoms with Crippen molar-refractivity contribution < 1.29 is 4.92 Å². The summed E-state index contributed by atoms with van der Waals surface area (Å²) in [5.41, 5.74) is 4.08. The van der Waals surface area contributed by atoms with E-state index in [9.17, 15) is 10.1 Å². The van der Waals surface area contributed by atoms with E-state index in [2.05, 4.69) is 5.32 Å². The molecule has 4 nitrogen and oxygen atoms in total. The van der Waals surface area contributed by atoms with Crippen LogP contribution in [0.25, 0.3) is 0 Å². The molecule has 0 aliphatic heterocycles. The van der Waals surface area contributed by atoms with Crippen molar-refractivity contribution in [2.45, 2.75) is 19.9 Å². The quantitative estimate of drug-likeness (QED) is 0.665. The summed E-state index contributed by atoms with van der Waals surface area (Å²) in [6.07, 6.45) is 0. The molecule has 104 valence electrons. The molecule has 1 N–H and O–H groups in total. The summed E-state index contributed by atoms with van der Waals surface area (Å²) < 4.78 is 0. The molecule has 2 rings (SSSR count). The lowest BCUT2D eigenvalue weighted by molar-refractivity contribution is -0.482. The number of para-hydroxylation sites is 1. The number of nitro groups is 1. The minimum absolute atomic E-state index is 0.141. The highest BCUT2D eigenvalue weighted by molar-refractivity contribution is 5.52. The molecule has 0 heterocycles. The van der Waals surface area contributed by atoms with Gasteiger partial charge in [-0.15, -0.1) is 0 Å². The molecule has 2 aromatic carbocycles. The van der Waals surface area contributed by atoms with Crippen molar-refractivity contribution in [2.75, 3.05) is 11.9 Å². The van der Waals surface area contributed by atoms with Crippen LogP contribution in [0.2, 0.25) is 0 Å². The number of rotatable bonds is 5. The molecular weight excluding hydrogens is 252 g/mol. The van der Waals surface area contributed by atoms with Crippen molar-refractivity contribution in [1.29, 1.82) is 0 Å². The number of anilines is 1. The molecule has 0 aliphatic carbocycles. The molecule has 0 saturated carbocycles. The van der Waals surface area contributed by atoms with Crippen LogP contribution in [-0.4, -0.2) is 11.5 Å². The Kier molecular flexibility index (Phi) is 4.35. The molecule has 0 amide bonds. The fourth-order valence-corrected chi connectivity index (χ4v) is 2.10. The zero-order valence-electron chi connectivity index (χ0n) is 11.7. The fourth-order valence-electron chi connectivity index (χ4n) is 2.10. The molecule has 0 aliphatic rings. The summed E-state index contributed by atoms with van der Waals surface area (Å²) in [6, 6.07) is 15.3. The molecule has 0 bridgehead atoms. The number of nitrogens with zero attached hydrogens (tertiary/aromatic N) is 1. The van der Waals surface area contributed by atoms with E-state index in [1.54, 1.807) is 0 Å². The van der Waals surface area contributed by atoms with E-state index in [0.29, 0.717) is 0 Å². The average Bonchev–Trinajstić information content (AvgIpc) is 2.41. The van der Waals surface area contributed by atoms with Gasteiger partial charge in [0.05, 0.1) is 0 Å². The van der Waals surface area contributed by atoms with Crippen molar-refractivity contribution in [3.63, 3.8) is 0 Å². The van der Waals surface area contributed by atoms with E-state index in [-0.39, 0.29) is 17.5 Å². The molecule has 0 fully saturated rings. The highest BCUT2D eigenvalue weighted by Gasteiger charge is 2.18. The zero-order chi connectivity index (χ0) is 14.5. The first kappa shape index (κ1) is 14.1. The van der Waals surface area contributed by atoms with Gasteiger partial charge in [-0.05, 0) is 31.0 Å². The van der Waals surface area contributed by atoms with Crippen LogP contribution in [0.1, 0.15) is 22.7 Å². The van der Waals surface area contributed by atoms with Crippen molar-refractivity contribution >= 4 is 5.69 Å². The number of aryl methyl sites for hydroxylation is 2. The number of benzene rings is 2. The van der Waals surface area contributed by atoms with Crippen LogP contribution in [0.3, 0.4) is 0 Å². The van der Waals surface area contributed by atoms with Gasteiger partial charge in [0.1, 0.15) is 6.04 Å². The fraction of sp³-hybridized carbons (Fsp3) is 0.250. The van der Waals surface area contributed by atoms with Crippen LogP contribution >= 0.6 is 0 Å². The molecule has 0 aromatic heterocycles. The topological polar surface area (TPSA) is 55.2 Å². The minimum atomic E-state index is -0.327. The summed E-state index contributed by atoms with van der Waals surface area (Å²) in [4.78, 5) is 10.6. The van der Waals surface area contributed by atoms with E-state index in [1.165, 1.54) is 0 Å². The maximum atomic E-state index is 10.9. The number of hydrogen-bond donors (Lipinski definition) is 1. The van der Waals surface area contributed by atoms with Gasteiger partial charge in [0.2, 0.25) is 6.54 Å². The van der Waals surface area contributed by atoms with E-state index in [0.717, 1.165) is 22.4 Å². The zero-order valence-corrected chi connectivity index (χ0v) is 11.7. The minimum Gasteiger partial charge on any atom is -0.372 e. The molecule has 4 heteroatoms. The largest absolute Gasteiger partial charge is 0.372 e. The van der Waals surface area contributed by atoms with Crippen molar-refractivity contribution in [1.82, 2.24) is 0 Å². The third-order valence-corrected chi connectivity index (χ3v) is 3.29. The highest BCUT2D eigenvalue weighted by Crippen LogP contribution is 2.22. The van der Waals surface area contributed by atoms with E-state index in [4.69, 9.17) is 0 Å². The third-order valence-electron chi connectivity index (χ3n) is 3.29. The maximum absolute atomic E-state index is 10.9. The Labute approximate surface area is 118 Å². The Morgan fingerprint density at radius 1 is 1.10 bits per heavy atom. The Balaban J connectivity index is 2.26. The van der Waals surface area contributed by atoms with Crippen molar-refractivity contribution in [2.24, 2.45) is 0 Å². The number of nitrogens with one attached hydrogen (secondary N) is 1. The van der Waals surface area contributed by atoms with Gasteiger partial charge in [0, 0.05) is 10.6 Å². The lowest BCUT2D eigenvalue weighted by Gasteiger charge is -2.18. The summed E-state index contributed by atoms with van der Waals surface area (Å²) in [5.74, 6) is 0. The molecule has 0 spiro atoms. The van der Waals surface area contributed by atoms with E-state index in [1.807, 2.05) is 62.4 Å². The van der Waals surface area contributed by atoms with Gasteiger partial charge < -0.3 is 5.32 Å². The Morgan fingerprint density at radius 3 is 2.35 bits per heavy atom. The first-order chi connectivity index (χ1) is 9.56. The Morgan fingerprint density at radius 2 is 1.75 bits per heavy atom. The van der Waals surface area contributed by atoms with Crippen LogP contribution in [0, 0.1) is 24.0 Å². The molecule has 0 radical (unpaired) electrons. The molecular formula is C16H18N2O2. The van der Waals surface area contributed by atoms with Gasteiger partial charge in [0.25, 0.3) is 0 Å². The predicted octanol–water partition coefficient (Wildman–Crippen LogP) is 3.73.